The van der Waals surface area contributed by atoms with Gasteiger partial charge in [0.15, 0.2) is 11.5 Å². The minimum Gasteiger partial charge on any atom is -0.493 e. The molecule has 0 bridgehead atoms. The Morgan fingerprint density at radius 3 is 2.04 bits per heavy atom. The lowest BCUT2D eigenvalue weighted by Gasteiger charge is -2.14. The van der Waals surface area contributed by atoms with Gasteiger partial charge in [0.05, 0.1) is 21.3 Å². The zero-order chi connectivity index (χ0) is 18.1. The van der Waals surface area contributed by atoms with Crippen molar-refractivity contribution in [2.24, 2.45) is 5.92 Å². The molecule has 2 amide bonds. The van der Waals surface area contributed by atoms with Gasteiger partial charge in [0.1, 0.15) is 6.42 Å². The van der Waals surface area contributed by atoms with Crippen LogP contribution in [0.2, 0.25) is 0 Å². The summed E-state index contributed by atoms with van der Waals surface area (Å²) >= 11 is 0. The van der Waals surface area contributed by atoms with Crippen molar-refractivity contribution in [1.82, 2.24) is 5.32 Å². The number of hydrogen-bond acceptors (Lipinski definition) is 5. The highest BCUT2D eigenvalue weighted by Gasteiger charge is 2.15. The smallest absolute Gasteiger partial charge is 0.233 e. The van der Waals surface area contributed by atoms with Gasteiger partial charge in [0.25, 0.3) is 0 Å². The summed E-state index contributed by atoms with van der Waals surface area (Å²) in [6, 6.07) is 3.21. The molecule has 0 fully saturated rings. The van der Waals surface area contributed by atoms with Crippen LogP contribution in [0.5, 0.6) is 17.2 Å². The lowest BCUT2D eigenvalue weighted by molar-refractivity contribution is -0.126. The zero-order valence-corrected chi connectivity index (χ0v) is 14.9. The largest absolute Gasteiger partial charge is 0.493 e. The van der Waals surface area contributed by atoms with Crippen LogP contribution in [0, 0.1) is 5.92 Å². The molecular formula is C17H26N2O5. The fourth-order valence-electron chi connectivity index (χ4n) is 2.07. The van der Waals surface area contributed by atoms with E-state index in [1.54, 1.807) is 12.1 Å². The van der Waals surface area contributed by atoms with Gasteiger partial charge in [-0.05, 0) is 12.3 Å². The van der Waals surface area contributed by atoms with E-state index in [1.807, 2.05) is 0 Å². The SMILES string of the molecule is COc1cc(NC(=O)CC(=O)NCCC(C)C)cc(OC)c1OC. The molecule has 7 nitrogen and oxygen atoms in total. The van der Waals surface area contributed by atoms with E-state index in [0.717, 1.165) is 6.42 Å². The van der Waals surface area contributed by atoms with Crippen molar-refractivity contribution in [2.45, 2.75) is 26.7 Å². The Bertz CT molecular complexity index is 547. The topological polar surface area (TPSA) is 85.9 Å². The predicted molar refractivity (Wildman–Crippen MR) is 91.8 cm³/mol. The summed E-state index contributed by atoms with van der Waals surface area (Å²) in [5.41, 5.74) is 0.462. The highest BCUT2D eigenvalue weighted by molar-refractivity contribution is 6.03. The number of carbonyl (C=O) groups is 2. The number of hydrogen-bond donors (Lipinski definition) is 2. The molecule has 1 aromatic rings. The summed E-state index contributed by atoms with van der Waals surface area (Å²) in [6.07, 6.45) is 0.634. The first-order chi connectivity index (χ1) is 11.4. The number of rotatable bonds is 9. The summed E-state index contributed by atoms with van der Waals surface area (Å²) in [7, 11) is 4.48. The van der Waals surface area contributed by atoms with Crippen molar-refractivity contribution in [3.63, 3.8) is 0 Å². The molecule has 7 heteroatoms. The summed E-state index contributed by atoms with van der Waals surface area (Å²) in [6.45, 7) is 4.71. The first kappa shape index (κ1) is 19.6. The average Bonchev–Trinajstić information content (AvgIpc) is 2.53. The number of nitrogens with one attached hydrogen (secondary N) is 2. The van der Waals surface area contributed by atoms with Gasteiger partial charge in [-0.25, -0.2) is 0 Å². The van der Waals surface area contributed by atoms with Crippen molar-refractivity contribution in [1.29, 1.82) is 0 Å². The Balaban J connectivity index is 2.68. The highest BCUT2D eigenvalue weighted by Crippen LogP contribution is 2.39. The van der Waals surface area contributed by atoms with Gasteiger partial charge in [0, 0.05) is 24.4 Å². The maximum Gasteiger partial charge on any atom is 0.233 e. The Hall–Kier alpha value is -2.44. The Kier molecular flexibility index (Phi) is 7.88. The van der Waals surface area contributed by atoms with Crippen LogP contribution < -0.4 is 24.8 Å². The molecule has 24 heavy (non-hydrogen) atoms. The van der Waals surface area contributed by atoms with Crippen molar-refractivity contribution < 1.29 is 23.8 Å². The van der Waals surface area contributed by atoms with Gasteiger partial charge in [0.2, 0.25) is 17.6 Å². The summed E-state index contributed by atoms with van der Waals surface area (Å²) in [5.74, 6) is 1.07. The van der Waals surface area contributed by atoms with Gasteiger partial charge >= 0.3 is 0 Å². The fourth-order valence-corrected chi connectivity index (χ4v) is 2.07. The van der Waals surface area contributed by atoms with E-state index >= 15 is 0 Å². The molecule has 0 atom stereocenters. The van der Waals surface area contributed by atoms with E-state index in [9.17, 15) is 9.59 Å². The minimum absolute atomic E-state index is 0.241. The Labute approximate surface area is 142 Å². The summed E-state index contributed by atoms with van der Waals surface area (Å²) in [5, 5.41) is 5.38. The first-order valence-electron chi connectivity index (χ1n) is 7.77. The molecule has 0 saturated carbocycles. The van der Waals surface area contributed by atoms with Crippen molar-refractivity contribution >= 4 is 17.5 Å². The highest BCUT2D eigenvalue weighted by atomic mass is 16.5. The Morgan fingerprint density at radius 2 is 1.58 bits per heavy atom. The van der Waals surface area contributed by atoms with Crippen molar-refractivity contribution in [3.05, 3.63) is 12.1 Å². The molecule has 1 aromatic carbocycles. The number of ether oxygens (including phenoxy) is 3. The van der Waals surface area contributed by atoms with Crippen LogP contribution in [0.3, 0.4) is 0 Å². The second kappa shape index (κ2) is 9.64. The molecule has 0 aliphatic heterocycles. The van der Waals surface area contributed by atoms with E-state index in [2.05, 4.69) is 24.5 Å². The second-order valence-corrected chi connectivity index (χ2v) is 5.67. The monoisotopic (exact) mass is 338 g/mol. The van der Waals surface area contributed by atoms with E-state index in [1.165, 1.54) is 21.3 Å². The molecule has 0 saturated heterocycles. The minimum atomic E-state index is -0.411. The molecule has 0 heterocycles. The number of methoxy groups -OCH3 is 3. The van der Waals surface area contributed by atoms with Crippen LogP contribution in [-0.4, -0.2) is 39.7 Å². The second-order valence-electron chi connectivity index (χ2n) is 5.67. The lowest BCUT2D eigenvalue weighted by atomic mass is 10.1. The van der Waals surface area contributed by atoms with E-state index in [4.69, 9.17) is 14.2 Å². The van der Waals surface area contributed by atoms with Crippen LogP contribution in [0.25, 0.3) is 0 Å². The molecule has 134 valence electrons. The quantitative estimate of drug-likeness (QED) is 0.674. The van der Waals surface area contributed by atoms with Gasteiger partial charge in [-0.15, -0.1) is 0 Å². The molecule has 0 aliphatic rings. The molecule has 0 spiro atoms. The fraction of sp³-hybridized carbons (Fsp3) is 0.529. The molecule has 2 N–H and O–H groups in total. The van der Waals surface area contributed by atoms with Gasteiger partial charge in [-0.1, -0.05) is 13.8 Å². The molecular weight excluding hydrogens is 312 g/mol. The number of carbonyl (C=O) groups excluding carboxylic acids is 2. The van der Waals surface area contributed by atoms with Gasteiger partial charge in [-0.3, -0.25) is 9.59 Å². The zero-order valence-electron chi connectivity index (χ0n) is 14.9. The number of anilines is 1. The van der Waals surface area contributed by atoms with Crippen LogP contribution in [0.4, 0.5) is 5.69 Å². The van der Waals surface area contributed by atoms with Gasteiger partial charge < -0.3 is 24.8 Å². The predicted octanol–water partition coefficient (Wildman–Crippen LogP) is 2.20. The van der Waals surface area contributed by atoms with Crippen LogP contribution in [0.1, 0.15) is 26.7 Å². The molecule has 0 radical (unpaired) electrons. The standard InChI is InChI=1S/C17H26N2O5/c1-11(2)6-7-18-15(20)10-16(21)19-12-8-13(22-3)17(24-5)14(9-12)23-4/h8-9,11H,6-7,10H2,1-5H3,(H,18,20)(H,19,21). The average molecular weight is 338 g/mol. The maximum atomic E-state index is 12.0. The molecule has 1 rings (SSSR count). The van der Waals surface area contributed by atoms with Crippen LogP contribution in [0.15, 0.2) is 12.1 Å². The number of benzene rings is 1. The maximum absolute atomic E-state index is 12.0. The third-order valence-corrected chi connectivity index (χ3v) is 3.31. The normalized spacial score (nSPS) is 10.2. The summed E-state index contributed by atoms with van der Waals surface area (Å²) in [4.78, 5) is 23.7. The molecule has 0 aliphatic carbocycles. The first-order valence-corrected chi connectivity index (χ1v) is 7.77. The number of amides is 2. The van der Waals surface area contributed by atoms with E-state index in [0.29, 0.717) is 35.4 Å². The van der Waals surface area contributed by atoms with Gasteiger partial charge in [-0.2, -0.15) is 0 Å². The Morgan fingerprint density at radius 1 is 1.00 bits per heavy atom. The molecule has 0 unspecified atom stereocenters. The van der Waals surface area contributed by atoms with Crippen molar-refractivity contribution in [3.8, 4) is 17.2 Å². The summed E-state index contributed by atoms with van der Waals surface area (Å²) < 4.78 is 15.7. The van der Waals surface area contributed by atoms with E-state index in [-0.39, 0.29) is 12.3 Å². The van der Waals surface area contributed by atoms with E-state index < -0.39 is 5.91 Å². The third-order valence-electron chi connectivity index (χ3n) is 3.31. The van der Waals surface area contributed by atoms with Crippen molar-refractivity contribution in [2.75, 3.05) is 33.2 Å². The van der Waals surface area contributed by atoms with Crippen LogP contribution in [-0.2, 0) is 9.59 Å². The van der Waals surface area contributed by atoms with Crippen LogP contribution >= 0.6 is 0 Å². The lowest BCUT2D eigenvalue weighted by Crippen LogP contribution is -2.29. The third kappa shape index (κ3) is 5.98. The molecule has 0 aromatic heterocycles.